The molecule has 184 valence electrons. The molecule has 0 radical (unpaired) electrons. The minimum atomic E-state index is -3.59. The van der Waals surface area contributed by atoms with Crippen LogP contribution in [0.25, 0.3) is 0 Å². The molecule has 0 unspecified atom stereocenters. The van der Waals surface area contributed by atoms with Gasteiger partial charge in [0.2, 0.25) is 16.0 Å². The first-order valence-corrected chi connectivity index (χ1v) is 13.9. The van der Waals surface area contributed by atoms with E-state index in [2.05, 4.69) is 48.2 Å². The van der Waals surface area contributed by atoms with Crippen LogP contribution in [-0.4, -0.2) is 42.7 Å². The van der Waals surface area contributed by atoms with Crippen LogP contribution in [0.4, 0.5) is 17.5 Å². The van der Waals surface area contributed by atoms with Crippen LogP contribution in [0.2, 0.25) is 0 Å². The summed E-state index contributed by atoms with van der Waals surface area (Å²) in [4.78, 5) is 8.87. The minimum absolute atomic E-state index is 0.0124. The van der Waals surface area contributed by atoms with E-state index in [1.807, 2.05) is 6.92 Å². The number of nitrogens with one attached hydrogen (secondary N) is 3. The standard InChI is InChI=1S/C23H36BrN5O3S/c1-3-5-6-7-8-9-10-14-26-33(31,32)20-13-11-12-19(15-20)28-23-25-16-21(24)22(29-23)27-18(4-2)17-30/h11-13,15-16,18,26,30H,3-10,14,17H2,1-2H3,(H2,25,27,28,29)/t18-/m1/s1. The molecule has 33 heavy (non-hydrogen) atoms. The number of aliphatic hydroxyl groups excluding tert-OH is 1. The maximum absolute atomic E-state index is 12.7. The van der Waals surface area contributed by atoms with E-state index in [1.54, 1.807) is 30.5 Å². The zero-order chi connectivity index (χ0) is 24.1. The van der Waals surface area contributed by atoms with Gasteiger partial charge in [0, 0.05) is 18.4 Å². The maximum Gasteiger partial charge on any atom is 0.240 e. The second-order valence-corrected chi connectivity index (χ2v) is 10.6. The fourth-order valence-corrected chi connectivity index (χ4v) is 4.67. The van der Waals surface area contributed by atoms with Gasteiger partial charge in [0.15, 0.2) is 0 Å². The lowest BCUT2D eigenvalue weighted by atomic mass is 10.1. The van der Waals surface area contributed by atoms with Gasteiger partial charge in [-0.05, 0) is 47.0 Å². The molecule has 10 heteroatoms. The summed E-state index contributed by atoms with van der Waals surface area (Å²) in [6, 6.07) is 6.45. The topological polar surface area (TPSA) is 116 Å². The third-order valence-electron chi connectivity index (χ3n) is 5.27. The number of aliphatic hydroxyl groups is 1. The molecule has 0 fully saturated rings. The summed E-state index contributed by atoms with van der Waals surface area (Å²) >= 11 is 3.41. The van der Waals surface area contributed by atoms with Crippen molar-refractivity contribution >= 4 is 43.4 Å². The predicted molar refractivity (Wildman–Crippen MR) is 137 cm³/mol. The normalized spacial score (nSPS) is 12.5. The number of unbranched alkanes of at least 4 members (excludes halogenated alkanes) is 6. The third kappa shape index (κ3) is 9.56. The molecule has 1 heterocycles. The second kappa shape index (κ2) is 14.5. The van der Waals surface area contributed by atoms with Crippen molar-refractivity contribution in [2.45, 2.75) is 76.2 Å². The number of sulfonamides is 1. The van der Waals surface area contributed by atoms with Crippen molar-refractivity contribution in [2.75, 3.05) is 23.8 Å². The van der Waals surface area contributed by atoms with Crippen molar-refractivity contribution in [2.24, 2.45) is 0 Å². The Labute approximate surface area is 206 Å². The Hall–Kier alpha value is -1.75. The van der Waals surface area contributed by atoms with Gasteiger partial charge in [-0.1, -0.05) is 58.4 Å². The van der Waals surface area contributed by atoms with Crippen LogP contribution in [0.3, 0.4) is 0 Å². The molecule has 0 spiro atoms. The molecule has 0 amide bonds. The monoisotopic (exact) mass is 541 g/mol. The Bertz CT molecular complexity index is 955. The summed E-state index contributed by atoms with van der Waals surface area (Å²) in [5.74, 6) is 0.868. The molecule has 0 aliphatic heterocycles. The number of aromatic nitrogens is 2. The molecule has 0 bridgehead atoms. The number of anilines is 3. The van der Waals surface area contributed by atoms with Crippen molar-refractivity contribution in [3.05, 3.63) is 34.9 Å². The number of hydrogen-bond donors (Lipinski definition) is 4. The molecule has 1 aromatic heterocycles. The fraction of sp³-hybridized carbons (Fsp3) is 0.565. The molecule has 0 saturated heterocycles. The largest absolute Gasteiger partial charge is 0.394 e. The van der Waals surface area contributed by atoms with Crippen LogP contribution in [-0.2, 0) is 10.0 Å². The maximum atomic E-state index is 12.7. The molecule has 1 aromatic carbocycles. The van der Waals surface area contributed by atoms with Gasteiger partial charge in [0.25, 0.3) is 0 Å². The summed E-state index contributed by atoms with van der Waals surface area (Å²) in [5, 5.41) is 15.6. The molecule has 0 aliphatic rings. The zero-order valence-corrected chi connectivity index (χ0v) is 21.9. The van der Waals surface area contributed by atoms with Gasteiger partial charge in [-0.3, -0.25) is 0 Å². The van der Waals surface area contributed by atoms with Gasteiger partial charge in [0.1, 0.15) is 5.82 Å². The van der Waals surface area contributed by atoms with Gasteiger partial charge in [-0.15, -0.1) is 0 Å². The lowest BCUT2D eigenvalue weighted by molar-refractivity contribution is 0.271. The van der Waals surface area contributed by atoms with Gasteiger partial charge in [-0.2, -0.15) is 4.98 Å². The average molecular weight is 543 g/mol. The molecule has 4 N–H and O–H groups in total. The quantitative estimate of drug-likeness (QED) is 0.216. The predicted octanol–water partition coefficient (Wildman–Crippen LogP) is 5.19. The number of halogens is 1. The summed E-state index contributed by atoms with van der Waals surface area (Å²) in [6.45, 7) is 4.58. The summed E-state index contributed by atoms with van der Waals surface area (Å²) in [7, 11) is -3.59. The first-order valence-electron chi connectivity index (χ1n) is 11.7. The highest BCUT2D eigenvalue weighted by Crippen LogP contribution is 2.24. The Morgan fingerprint density at radius 1 is 1.09 bits per heavy atom. The number of hydrogen-bond acceptors (Lipinski definition) is 7. The first-order chi connectivity index (χ1) is 15.9. The summed E-state index contributed by atoms with van der Waals surface area (Å²) in [6.07, 6.45) is 10.3. The van der Waals surface area contributed by atoms with Crippen molar-refractivity contribution in [1.29, 1.82) is 0 Å². The van der Waals surface area contributed by atoms with Gasteiger partial charge in [-0.25, -0.2) is 18.1 Å². The highest BCUT2D eigenvalue weighted by Gasteiger charge is 2.15. The zero-order valence-electron chi connectivity index (χ0n) is 19.5. The second-order valence-electron chi connectivity index (χ2n) is 7.99. The van der Waals surface area contributed by atoms with Crippen LogP contribution < -0.4 is 15.4 Å². The van der Waals surface area contributed by atoms with Crippen LogP contribution >= 0.6 is 15.9 Å². The van der Waals surface area contributed by atoms with Crippen LogP contribution in [0.1, 0.15) is 65.2 Å². The Kier molecular flexibility index (Phi) is 12.1. The first kappa shape index (κ1) is 27.5. The lowest BCUT2D eigenvalue weighted by Gasteiger charge is -2.16. The molecule has 0 saturated carbocycles. The van der Waals surface area contributed by atoms with Crippen molar-refractivity contribution < 1.29 is 13.5 Å². The summed E-state index contributed by atoms with van der Waals surface area (Å²) < 4.78 is 28.7. The molecule has 1 atom stereocenters. The van der Waals surface area contributed by atoms with Crippen LogP contribution in [0.5, 0.6) is 0 Å². The molecular weight excluding hydrogens is 506 g/mol. The highest BCUT2D eigenvalue weighted by atomic mass is 79.9. The van der Waals surface area contributed by atoms with E-state index in [-0.39, 0.29) is 17.5 Å². The number of benzene rings is 1. The Balaban J connectivity index is 1.96. The molecular formula is C23H36BrN5O3S. The molecule has 2 aromatic rings. The van der Waals surface area contributed by atoms with Gasteiger partial charge < -0.3 is 15.7 Å². The summed E-state index contributed by atoms with van der Waals surface area (Å²) in [5.41, 5.74) is 0.566. The number of nitrogens with zero attached hydrogens (tertiary/aromatic N) is 2. The van der Waals surface area contributed by atoms with E-state index >= 15 is 0 Å². The van der Waals surface area contributed by atoms with Crippen molar-refractivity contribution in [1.82, 2.24) is 14.7 Å². The minimum Gasteiger partial charge on any atom is -0.394 e. The van der Waals surface area contributed by atoms with Gasteiger partial charge in [0.05, 0.1) is 22.0 Å². The van der Waals surface area contributed by atoms with E-state index in [4.69, 9.17) is 0 Å². The molecule has 8 nitrogen and oxygen atoms in total. The Morgan fingerprint density at radius 2 is 1.82 bits per heavy atom. The van der Waals surface area contributed by atoms with Crippen LogP contribution in [0, 0.1) is 0 Å². The molecule has 0 aliphatic carbocycles. The Morgan fingerprint density at radius 3 is 2.52 bits per heavy atom. The molecule has 2 rings (SSSR count). The van der Waals surface area contributed by atoms with Crippen LogP contribution in [0.15, 0.2) is 39.8 Å². The van der Waals surface area contributed by atoms with Crippen molar-refractivity contribution in [3.8, 4) is 0 Å². The van der Waals surface area contributed by atoms with E-state index in [1.165, 1.54) is 25.7 Å². The SMILES string of the molecule is CCCCCCCCCNS(=O)(=O)c1cccc(Nc2ncc(Br)c(N[C@H](CC)CO)n2)c1. The average Bonchev–Trinajstić information content (AvgIpc) is 2.81. The fourth-order valence-electron chi connectivity index (χ4n) is 3.24. The van der Waals surface area contributed by atoms with E-state index in [0.717, 1.165) is 25.7 Å². The van der Waals surface area contributed by atoms with Gasteiger partial charge >= 0.3 is 0 Å². The van der Waals surface area contributed by atoms with E-state index in [9.17, 15) is 13.5 Å². The third-order valence-corrected chi connectivity index (χ3v) is 7.31. The van der Waals surface area contributed by atoms with E-state index < -0.39 is 10.0 Å². The highest BCUT2D eigenvalue weighted by molar-refractivity contribution is 9.10. The van der Waals surface area contributed by atoms with Crippen molar-refractivity contribution in [3.63, 3.8) is 0 Å². The number of rotatable bonds is 16. The lowest BCUT2D eigenvalue weighted by Crippen LogP contribution is -2.24. The smallest absolute Gasteiger partial charge is 0.240 e. The van der Waals surface area contributed by atoms with E-state index in [0.29, 0.717) is 28.5 Å².